The Kier molecular flexibility index (Phi) is 21.7. The zero-order valence-corrected chi connectivity index (χ0v) is 78.8. The predicted molar refractivity (Wildman–Crippen MR) is 588 cm³/mol. The van der Waals surface area contributed by atoms with Gasteiger partial charge in [-0.3, -0.25) is 0 Å². The van der Waals surface area contributed by atoms with Crippen LogP contribution in [0.3, 0.4) is 0 Å². The van der Waals surface area contributed by atoms with Crippen LogP contribution in [-0.4, -0.2) is 29.9 Å². The number of hydrogen-bond donors (Lipinski definition) is 0. The summed E-state index contributed by atoms with van der Waals surface area (Å²) in [4.78, 5) is 32.2. The Bertz CT molecular complexity index is 9030. The highest BCUT2D eigenvalue weighted by Gasteiger charge is 2.48. The first-order chi connectivity index (χ1) is 71.3. The average molecular weight is 1860 g/mol. The van der Waals surface area contributed by atoms with Crippen LogP contribution < -0.4 is 0 Å². The van der Waals surface area contributed by atoms with Gasteiger partial charge >= 0.3 is 0 Å². The van der Waals surface area contributed by atoms with E-state index in [9.17, 15) is 0 Å². The summed E-state index contributed by atoms with van der Waals surface area (Å²) in [5, 5.41) is 5.50. The Hall–Kier alpha value is -18.7. The Labute approximate surface area is 836 Å². The van der Waals surface area contributed by atoms with E-state index in [2.05, 4.69) is 443 Å². The molecule has 7 aromatic heterocycles. The summed E-state index contributed by atoms with van der Waals surface area (Å²) in [7, 11) is 0. The molecule has 0 amide bonds. The number of nitrogens with zero attached hydrogens (tertiary/aromatic N) is 6. The topological polar surface area (TPSA) is 117 Å². The van der Waals surface area contributed by atoms with Crippen LogP contribution in [0, 0.1) is 0 Å². The first-order valence-electron chi connectivity index (χ1n) is 48.6. The molecule has 10 heteroatoms. The predicted octanol–water partition coefficient (Wildman–Crippen LogP) is 34.8. The minimum absolute atomic E-state index is 0.505. The van der Waals surface area contributed by atoms with E-state index >= 15 is 0 Å². The molecule has 676 valence electrons. The molecule has 0 saturated heterocycles. The molecule has 0 bridgehead atoms. The van der Waals surface area contributed by atoms with Crippen molar-refractivity contribution in [1.29, 1.82) is 0 Å². The zero-order chi connectivity index (χ0) is 95.4. The molecule has 0 N–H and O–H groups in total. The van der Waals surface area contributed by atoms with Gasteiger partial charge in [-0.1, -0.05) is 437 Å². The molecule has 0 saturated carbocycles. The smallest absolute Gasteiger partial charge is 0.160 e. The lowest BCUT2D eigenvalue weighted by Gasteiger charge is -2.34. The summed E-state index contributed by atoms with van der Waals surface area (Å²) in [6.45, 7) is 0. The van der Waals surface area contributed by atoms with Gasteiger partial charge in [0.1, 0.15) is 33.7 Å². The van der Waals surface area contributed by atoms with Gasteiger partial charge in [-0.05, 0) is 190 Å². The van der Waals surface area contributed by atoms with Gasteiger partial charge in [0.15, 0.2) is 29.0 Å². The fourth-order valence-corrected chi connectivity index (χ4v) is 22.4. The highest BCUT2D eigenvalue weighted by atomic mass is 32.1. The van der Waals surface area contributed by atoms with E-state index in [1.165, 1.54) is 99.1 Å². The molecule has 2 aliphatic carbocycles. The normalized spacial score (nSPS) is 12.4. The molecule has 0 aliphatic heterocycles. The van der Waals surface area contributed by atoms with Crippen molar-refractivity contribution in [2.75, 3.05) is 0 Å². The van der Waals surface area contributed by atoms with Crippen LogP contribution in [0.4, 0.5) is 0 Å². The maximum Gasteiger partial charge on any atom is 0.160 e. The van der Waals surface area contributed by atoms with Crippen LogP contribution in [0.2, 0.25) is 0 Å². The maximum absolute atomic E-state index is 6.42. The number of furan rings is 3. The highest BCUT2D eigenvalue weighted by Crippen LogP contribution is 2.60. The molecule has 19 aromatic carbocycles. The maximum atomic E-state index is 6.42. The molecule has 9 nitrogen and oxygen atoms in total. The van der Waals surface area contributed by atoms with Crippen molar-refractivity contribution in [2.45, 2.75) is 10.8 Å². The van der Waals surface area contributed by atoms with Crippen LogP contribution in [0.15, 0.2) is 535 Å². The van der Waals surface area contributed by atoms with Crippen LogP contribution in [0.5, 0.6) is 0 Å². The van der Waals surface area contributed by atoms with Crippen LogP contribution in [0.1, 0.15) is 44.5 Å². The molecule has 0 radical (unpaired) electrons. The van der Waals surface area contributed by atoms with E-state index in [-0.39, 0.29) is 0 Å². The number of hydrogen-bond acceptors (Lipinski definition) is 10. The van der Waals surface area contributed by atoms with Crippen molar-refractivity contribution in [1.82, 2.24) is 29.9 Å². The third-order valence-corrected chi connectivity index (χ3v) is 29.3. The summed E-state index contributed by atoms with van der Waals surface area (Å²) in [6, 6.07) is 183. The van der Waals surface area contributed by atoms with Gasteiger partial charge < -0.3 is 13.3 Å². The van der Waals surface area contributed by atoms with Crippen molar-refractivity contribution in [3.8, 4) is 157 Å². The van der Waals surface area contributed by atoms with E-state index in [1.807, 2.05) is 78.9 Å². The van der Waals surface area contributed by atoms with Gasteiger partial charge in [0.05, 0.1) is 38.5 Å². The van der Waals surface area contributed by atoms with Gasteiger partial charge in [0.25, 0.3) is 0 Å². The van der Waals surface area contributed by atoms with Crippen LogP contribution >= 0.6 is 11.3 Å². The summed E-state index contributed by atoms with van der Waals surface area (Å²) in [6.07, 6.45) is 0. The Balaban J connectivity index is 0.000000111. The Morgan fingerprint density at radius 1 is 0.181 bits per heavy atom. The second kappa shape index (κ2) is 36.6. The van der Waals surface area contributed by atoms with Crippen molar-refractivity contribution >= 4 is 65.3 Å². The summed E-state index contributed by atoms with van der Waals surface area (Å²) >= 11 is 1.76. The average Bonchev–Trinajstić information content (AvgIpc) is 1.54. The number of aromatic nitrogens is 6. The van der Waals surface area contributed by atoms with E-state index in [0.29, 0.717) is 29.0 Å². The quantitative estimate of drug-likeness (QED) is 0.0932. The van der Waals surface area contributed by atoms with Gasteiger partial charge in [-0.15, -0.1) is 11.3 Å². The molecule has 26 aromatic rings. The molecule has 2 aliphatic rings. The van der Waals surface area contributed by atoms with Crippen LogP contribution in [0.25, 0.3) is 211 Å². The molecule has 0 atom stereocenters. The number of thiophene rings is 1. The molecule has 0 spiro atoms. The molecule has 7 heterocycles. The highest BCUT2D eigenvalue weighted by molar-refractivity contribution is 7.22. The zero-order valence-electron chi connectivity index (χ0n) is 78.0. The van der Waals surface area contributed by atoms with Crippen molar-refractivity contribution < 1.29 is 13.3 Å². The lowest BCUT2D eigenvalue weighted by molar-refractivity contribution is 0.628. The summed E-state index contributed by atoms with van der Waals surface area (Å²) < 4.78 is 20.1. The van der Waals surface area contributed by atoms with E-state index < -0.39 is 10.8 Å². The SMILES string of the molecule is c1ccc(-c2ccc(-c3nc(-c4cc5ccccc5o4)cc(-c4cccc5c4-c4ccccc4C5(c4ccccc4)c4ccccc4)n3)cc2)cc1.c1ccc(-c2ccc(-c3nc(-c4ccc5c(c4)C(c4ccccc4)(c4ccccc4)c4ccccc4-5)cc(-c4cc5ccccc5o4)n3)cc2)cc1.c1ccc(-c2ccc(-c3nc(-c4ccc5oc6ccccc6c5c4)cc(-c4cc5ccccc5s4)n3)cc2)cc1. The fourth-order valence-electron chi connectivity index (χ4n) is 21.4. The van der Waals surface area contributed by atoms with Gasteiger partial charge in [-0.25, -0.2) is 29.9 Å². The lowest BCUT2D eigenvalue weighted by atomic mass is 9.67. The first kappa shape index (κ1) is 85.7. The summed E-state index contributed by atoms with van der Waals surface area (Å²) in [5.74, 6) is 3.43. The standard InChI is InChI=1S/2C49H32N2O.C36H22N2OS/c1-4-15-33(16-5-1)34-27-29-35(30-28-34)48-50-43(32-44(51-48)46-31-36-17-10-13-26-45(36)52-46)40-23-14-25-42-47(40)39-22-11-12-24-41(39)49(42,37-18-6-2-7-19-37)38-20-8-3-9-21-38;1-4-14-33(15-5-1)34-24-26-35(27-25-34)48-50-44(32-45(51-48)47-31-37-16-10-13-23-46(37)52-47)36-28-29-41-40-21-11-12-22-42(40)49(43(41)30-36,38-17-6-2-7-18-38)39-19-8-3-9-20-39;1-2-8-23(9-3-1)24-14-16-25(17-15-24)36-37-30(22-31(38-36)35-21-27-10-4-7-13-34(27)40-35)26-18-19-33-29(20-26)28-11-5-6-12-32(28)39-33/h2*1-32H;1-22H. The number of para-hydroxylation sites is 3. The third kappa shape index (κ3) is 15.5. The second-order valence-electron chi connectivity index (χ2n) is 36.5. The van der Waals surface area contributed by atoms with E-state index in [0.717, 1.165) is 127 Å². The number of rotatable bonds is 16. The van der Waals surface area contributed by atoms with Crippen molar-refractivity contribution in [3.63, 3.8) is 0 Å². The lowest BCUT2D eigenvalue weighted by Crippen LogP contribution is -2.28. The summed E-state index contributed by atoms with van der Waals surface area (Å²) in [5.41, 5.74) is 35.2. The largest absolute Gasteiger partial charge is 0.456 e. The van der Waals surface area contributed by atoms with Crippen molar-refractivity contribution in [2.24, 2.45) is 0 Å². The molecule has 0 unspecified atom stereocenters. The number of fused-ring (bicyclic) bond motifs is 12. The molecule has 28 rings (SSSR count). The molecule has 144 heavy (non-hydrogen) atoms. The first-order valence-corrected chi connectivity index (χ1v) is 49.4. The minimum Gasteiger partial charge on any atom is -0.456 e. The van der Waals surface area contributed by atoms with Crippen LogP contribution in [-0.2, 0) is 10.8 Å². The fraction of sp³-hybridized carbons (Fsp3) is 0.0149. The van der Waals surface area contributed by atoms with Crippen molar-refractivity contribution in [3.05, 3.63) is 566 Å². The second-order valence-corrected chi connectivity index (χ2v) is 37.6. The van der Waals surface area contributed by atoms with Gasteiger partial charge in [0, 0.05) is 59.6 Å². The van der Waals surface area contributed by atoms with E-state index in [4.69, 9.17) is 43.2 Å². The molecular formula is C134H86N6O3S. The Morgan fingerprint density at radius 2 is 0.521 bits per heavy atom. The molecular weight excluding hydrogens is 1770 g/mol. The third-order valence-electron chi connectivity index (χ3n) is 28.1. The van der Waals surface area contributed by atoms with Gasteiger partial charge in [0.2, 0.25) is 0 Å². The van der Waals surface area contributed by atoms with Gasteiger partial charge in [-0.2, -0.15) is 0 Å². The van der Waals surface area contributed by atoms with E-state index in [1.54, 1.807) is 11.3 Å². The number of benzene rings is 19. The minimum atomic E-state index is -0.505. The monoisotopic (exact) mass is 1860 g/mol. The Morgan fingerprint density at radius 3 is 1.03 bits per heavy atom. The molecule has 0 fully saturated rings.